The van der Waals surface area contributed by atoms with Crippen LogP contribution in [-0.4, -0.2) is 29.5 Å². The highest BCUT2D eigenvalue weighted by Gasteiger charge is 2.40. The summed E-state index contributed by atoms with van der Waals surface area (Å²) in [6.07, 6.45) is 0. The molecule has 0 aliphatic carbocycles. The summed E-state index contributed by atoms with van der Waals surface area (Å²) >= 11 is 12.2. The molecule has 3 nitrogen and oxygen atoms in total. The van der Waals surface area contributed by atoms with Crippen molar-refractivity contribution < 1.29 is 4.79 Å². The fourth-order valence-corrected chi connectivity index (χ4v) is 3.25. The average Bonchev–Trinajstić information content (AvgIpc) is 2.63. The van der Waals surface area contributed by atoms with Crippen molar-refractivity contribution in [2.45, 2.75) is 18.9 Å². The number of hydrogen-bond acceptors (Lipinski definition) is 2. The first kappa shape index (κ1) is 11.3. The van der Waals surface area contributed by atoms with Crippen molar-refractivity contribution in [2.75, 3.05) is 13.1 Å². The van der Waals surface area contributed by atoms with Crippen molar-refractivity contribution in [1.29, 1.82) is 0 Å². The maximum Gasteiger partial charge on any atom is 0.253 e. The monoisotopic (exact) mass is 270 g/mol. The third-order valence-corrected chi connectivity index (χ3v) is 4.35. The number of halogens is 2. The van der Waals surface area contributed by atoms with Crippen molar-refractivity contribution >= 4 is 29.3 Å². The number of hydrogen-bond donors (Lipinski definition) is 1. The van der Waals surface area contributed by atoms with Crippen molar-refractivity contribution in [3.8, 4) is 0 Å². The Labute approximate surface area is 110 Å². The second-order valence-corrected chi connectivity index (χ2v) is 5.53. The Hall–Kier alpha value is -0.770. The fourth-order valence-electron chi connectivity index (χ4n) is 2.69. The van der Waals surface area contributed by atoms with Gasteiger partial charge in [0.15, 0.2) is 0 Å². The molecule has 2 atom stereocenters. The first-order valence-electron chi connectivity index (χ1n) is 5.58. The van der Waals surface area contributed by atoms with Gasteiger partial charge in [-0.15, -0.1) is 0 Å². The van der Waals surface area contributed by atoms with E-state index in [1.54, 1.807) is 4.42 Å². The molecular formula is C12H12Cl2N2O. The maximum atomic E-state index is 12.1. The maximum absolute atomic E-state index is 12.1. The Morgan fingerprint density at radius 3 is 2.94 bits per heavy atom. The molecule has 0 unspecified atom stereocenters. The second kappa shape index (κ2) is 3.87. The Morgan fingerprint density at radius 1 is 1.41 bits per heavy atom. The Bertz CT molecular complexity index is 504. The Balaban J connectivity index is 2.15. The summed E-state index contributed by atoms with van der Waals surface area (Å²) in [4.78, 5) is 12.1. The van der Waals surface area contributed by atoms with E-state index >= 15 is 0 Å². The largest absolute Gasteiger partial charge is 0.347 e. The Morgan fingerprint density at radius 2 is 2.18 bits per heavy atom. The molecular weight excluding hydrogens is 259 g/mol. The predicted octanol–water partition coefficient (Wildman–Crippen LogP) is 2.31. The van der Waals surface area contributed by atoms with E-state index in [4.69, 9.17) is 23.4 Å². The minimum atomic E-state index is -0.0816. The smallest absolute Gasteiger partial charge is 0.253 e. The molecule has 0 radical (unpaired) electrons. The van der Waals surface area contributed by atoms with Crippen LogP contribution in [0.1, 0.15) is 27.4 Å². The first-order valence-corrected chi connectivity index (χ1v) is 6.30. The molecule has 0 spiro atoms. The number of benzene rings is 1. The molecule has 1 fully saturated rings. The van der Waals surface area contributed by atoms with Crippen LogP contribution < -0.4 is 5.32 Å². The highest BCUT2D eigenvalue weighted by Crippen LogP contribution is 2.38. The van der Waals surface area contributed by atoms with Gasteiger partial charge in [0.05, 0.1) is 16.6 Å². The number of nitrogens with zero attached hydrogens (tertiary/aromatic N) is 1. The molecule has 2 aliphatic rings. The van der Waals surface area contributed by atoms with Crippen LogP contribution in [0.25, 0.3) is 0 Å². The quantitative estimate of drug-likeness (QED) is 0.734. The van der Waals surface area contributed by atoms with E-state index in [0.29, 0.717) is 17.1 Å². The molecule has 2 aliphatic heterocycles. The number of nitrogens with one attached hydrogen (secondary N) is 1. The summed E-state index contributed by atoms with van der Waals surface area (Å²) in [5.41, 5.74) is 2.58. The third kappa shape index (κ3) is 1.65. The Kier molecular flexibility index (Phi) is 2.58. The van der Waals surface area contributed by atoms with E-state index < -0.39 is 0 Å². The van der Waals surface area contributed by atoms with Crippen molar-refractivity contribution in [3.05, 3.63) is 33.8 Å². The molecule has 0 saturated carbocycles. The van der Waals surface area contributed by atoms with Gasteiger partial charge in [-0.25, -0.2) is 4.42 Å². The standard InChI is InChI=1S/C12H12Cl2N2O/c1-6-2-3-7-8-4-16(14)5-9(8)15-12(17)10(7)11(6)13/h2-3,8-9H,4-5H2,1H3,(H,15,17)/t8-,9+/m1/s1. The molecule has 5 heteroatoms. The van der Waals surface area contributed by atoms with Crippen LogP contribution in [0.4, 0.5) is 0 Å². The fraction of sp³-hybridized carbons (Fsp3) is 0.417. The molecule has 1 N–H and O–H groups in total. The topological polar surface area (TPSA) is 32.3 Å². The van der Waals surface area contributed by atoms with Gasteiger partial charge in [0.25, 0.3) is 5.91 Å². The van der Waals surface area contributed by atoms with Crippen LogP contribution in [0, 0.1) is 6.92 Å². The summed E-state index contributed by atoms with van der Waals surface area (Å²) in [7, 11) is 0. The lowest BCUT2D eigenvalue weighted by Crippen LogP contribution is -2.44. The zero-order valence-corrected chi connectivity index (χ0v) is 10.8. The van der Waals surface area contributed by atoms with E-state index in [1.807, 2.05) is 19.1 Å². The zero-order chi connectivity index (χ0) is 12.2. The van der Waals surface area contributed by atoms with Gasteiger partial charge < -0.3 is 5.32 Å². The van der Waals surface area contributed by atoms with Gasteiger partial charge in [-0.05, 0) is 29.8 Å². The van der Waals surface area contributed by atoms with Crippen LogP contribution in [0.15, 0.2) is 12.1 Å². The van der Waals surface area contributed by atoms with Gasteiger partial charge in [0.1, 0.15) is 0 Å². The molecule has 2 heterocycles. The zero-order valence-electron chi connectivity index (χ0n) is 9.34. The van der Waals surface area contributed by atoms with E-state index in [1.165, 1.54) is 0 Å². The molecule has 0 aromatic heterocycles. The van der Waals surface area contributed by atoms with Crippen LogP contribution >= 0.6 is 23.4 Å². The highest BCUT2D eigenvalue weighted by atomic mass is 35.5. The van der Waals surface area contributed by atoms with Crippen LogP contribution in [-0.2, 0) is 0 Å². The lowest BCUT2D eigenvalue weighted by molar-refractivity contribution is 0.0924. The number of fused-ring (bicyclic) bond motifs is 3. The number of amides is 1. The molecule has 3 rings (SSSR count). The van der Waals surface area contributed by atoms with Gasteiger partial charge >= 0.3 is 0 Å². The average molecular weight is 271 g/mol. The summed E-state index contributed by atoms with van der Waals surface area (Å²) < 4.78 is 1.72. The second-order valence-electron chi connectivity index (χ2n) is 4.67. The van der Waals surface area contributed by atoms with Gasteiger partial charge in [0, 0.05) is 19.0 Å². The number of rotatable bonds is 0. The number of carbonyl (C=O) groups excluding carboxylic acids is 1. The molecule has 90 valence electrons. The number of aryl methyl sites for hydroxylation is 1. The molecule has 0 bridgehead atoms. The summed E-state index contributed by atoms with van der Waals surface area (Å²) in [5, 5.41) is 3.55. The third-order valence-electron chi connectivity index (χ3n) is 3.59. The molecule has 1 aromatic rings. The lowest BCUT2D eigenvalue weighted by Gasteiger charge is -2.28. The van der Waals surface area contributed by atoms with Crippen molar-refractivity contribution in [1.82, 2.24) is 9.74 Å². The van der Waals surface area contributed by atoms with Gasteiger partial charge in [-0.3, -0.25) is 4.79 Å². The van der Waals surface area contributed by atoms with Crippen LogP contribution in [0.3, 0.4) is 0 Å². The normalized spacial score (nSPS) is 27.6. The lowest BCUT2D eigenvalue weighted by atomic mass is 9.85. The highest BCUT2D eigenvalue weighted by molar-refractivity contribution is 6.35. The van der Waals surface area contributed by atoms with E-state index in [-0.39, 0.29) is 17.9 Å². The minimum absolute atomic E-state index is 0.0816. The predicted molar refractivity (Wildman–Crippen MR) is 67.6 cm³/mol. The van der Waals surface area contributed by atoms with Gasteiger partial charge in [-0.2, -0.15) is 0 Å². The molecule has 1 aromatic carbocycles. The summed E-state index contributed by atoms with van der Waals surface area (Å²) in [5.74, 6) is 0.167. The van der Waals surface area contributed by atoms with Crippen molar-refractivity contribution in [2.24, 2.45) is 0 Å². The number of carbonyl (C=O) groups is 1. The van der Waals surface area contributed by atoms with E-state index in [9.17, 15) is 4.79 Å². The first-order chi connectivity index (χ1) is 8.08. The van der Waals surface area contributed by atoms with Gasteiger partial charge in [0.2, 0.25) is 0 Å². The molecule has 17 heavy (non-hydrogen) atoms. The SMILES string of the molecule is Cc1ccc2c(c1Cl)C(=O)N[C@H]1CN(Cl)C[C@H]21. The molecule has 1 amide bonds. The van der Waals surface area contributed by atoms with Crippen molar-refractivity contribution in [3.63, 3.8) is 0 Å². The summed E-state index contributed by atoms with van der Waals surface area (Å²) in [6, 6.07) is 4.07. The summed E-state index contributed by atoms with van der Waals surface area (Å²) in [6.45, 7) is 3.34. The van der Waals surface area contributed by atoms with E-state index in [2.05, 4.69) is 5.32 Å². The van der Waals surface area contributed by atoms with Crippen LogP contribution in [0.2, 0.25) is 5.02 Å². The van der Waals surface area contributed by atoms with Crippen LogP contribution in [0.5, 0.6) is 0 Å². The minimum Gasteiger partial charge on any atom is -0.347 e. The van der Waals surface area contributed by atoms with Gasteiger partial charge in [-0.1, -0.05) is 23.7 Å². The van der Waals surface area contributed by atoms with E-state index in [0.717, 1.165) is 17.7 Å². The molecule has 1 saturated heterocycles.